The van der Waals surface area contributed by atoms with Gasteiger partial charge in [-0.25, -0.2) is 4.98 Å². The Labute approximate surface area is 72.2 Å². The fraction of sp³-hybridized carbons (Fsp3) is 0.333. The minimum atomic E-state index is 0.0214. The van der Waals surface area contributed by atoms with Gasteiger partial charge in [0.2, 0.25) is 0 Å². The molecule has 1 aromatic heterocycles. The van der Waals surface area contributed by atoms with Crippen LogP contribution in [0, 0.1) is 10.5 Å². The molecule has 0 saturated carbocycles. The molecule has 1 aromatic rings. The van der Waals surface area contributed by atoms with Crippen LogP contribution >= 0.6 is 22.6 Å². The molecule has 0 aliphatic heterocycles. The first-order valence-electron chi connectivity index (χ1n) is 2.80. The Morgan fingerprint density at radius 3 is 2.80 bits per heavy atom. The first-order valence-corrected chi connectivity index (χ1v) is 3.88. The lowest BCUT2D eigenvalue weighted by Gasteiger charge is -1.98. The molecule has 0 aliphatic carbocycles. The van der Waals surface area contributed by atoms with Crippen molar-refractivity contribution in [1.82, 2.24) is 9.55 Å². The first kappa shape index (κ1) is 7.71. The number of rotatable bonds is 0. The highest BCUT2D eigenvalue weighted by atomic mass is 127. The van der Waals surface area contributed by atoms with Crippen molar-refractivity contribution in [2.45, 2.75) is 6.92 Å². The van der Waals surface area contributed by atoms with Crippen molar-refractivity contribution in [3.8, 4) is 0 Å². The van der Waals surface area contributed by atoms with E-state index in [1.165, 1.54) is 10.9 Å². The Morgan fingerprint density at radius 1 is 1.70 bits per heavy atom. The summed E-state index contributed by atoms with van der Waals surface area (Å²) in [5.41, 5.74) is 0.816. The van der Waals surface area contributed by atoms with Crippen LogP contribution in [0.1, 0.15) is 5.69 Å². The zero-order valence-corrected chi connectivity index (χ0v) is 7.92. The Kier molecular flexibility index (Phi) is 2.08. The third kappa shape index (κ3) is 1.21. The predicted molar refractivity (Wildman–Crippen MR) is 46.9 cm³/mol. The topological polar surface area (TPSA) is 34.9 Å². The normalized spacial score (nSPS) is 9.90. The van der Waals surface area contributed by atoms with Crippen LogP contribution in [0.4, 0.5) is 0 Å². The molecule has 0 spiro atoms. The van der Waals surface area contributed by atoms with Gasteiger partial charge in [0.15, 0.2) is 0 Å². The molecule has 0 fully saturated rings. The van der Waals surface area contributed by atoms with Crippen LogP contribution < -0.4 is 5.56 Å². The van der Waals surface area contributed by atoms with E-state index >= 15 is 0 Å². The lowest BCUT2D eigenvalue weighted by molar-refractivity contribution is 0.804. The molecule has 54 valence electrons. The van der Waals surface area contributed by atoms with Crippen LogP contribution in [-0.4, -0.2) is 9.55 Å². The Bertz CT molecular complexity index is 305. The molecule has 10 heavy (non-hydrogen) atoms. The van der Waals surface area contributed by atoms with E-state index in [2.05, 4.69) is 4.98 Å². The largest absolute Gasteiger partial charge is 0.301 e. The lowest BCUT2D eigenvalue weighted by atomic mass is 10.4. The SMILES string of the molecule is Cc1ncn(C)c(=O)c1I. The van der Waals surface area contributed by atoms with Crippen molar-refractivity contribution in [3.63, 3.8) is 0 Å². The summed E-state index contributed by atoms with van der Waals surface area (Å²) in [6.07, 6.45) is 1.53. The number of hydrogen-bond acceptors (Lipinski definition) is 2. The Hall–Kier alpha value is -0.390. The molecular formula is C6H7IN2O. The van der Waals surface area contributed by atoms with Gasteiger partial charge in [0.05, 0.1) is 15.6 Å². The smallest absolute Gasteiger partial charge is 0.266 e. The molecule has 0 aliphatic rings. The van der Waals surface area contributed by atoms with Gasteiger partial charge in [-0.2, -0.15) is 0 Å². The summed E-state index contributed by atoms with van der Waals surface area (Å²) < 4.78 is 2.16. The molecule has 0 N–H and O–H groups in total. The summed E-state index contributed by atoms with van der Waals surface area (Å²) >= 11 is 2.00. The van der Waals surface area contributed by atoms with Crippen molar-refractivity contribution in [3.05, 3.63) is 25.9 Å². The van der Waals surface area contributed by atoms with Gasteiger partial charge < -0.3 is 4.57 Å². The maximum atomic E-state index is 11.1. The summed E-state index contributed by atoms with van der Waals surface area (Å²) in [7, 11) is 1.69. The fourth-order valence-corrected chi connectivity index (χ4v) is 1.11. The molecule has 0 unspecified atom stereocenters. The number of nitrogens with zero attached hydrogens (tertiary/aromatic N) is 2. The van der Waals surface area contributed by atoms with E-state index in [9.17, 15) is 4.79 Å². The summed E-state index contributed by atoms with van der Waals surface area (Å²) in [6.45, 7) is 1.82. The van der Waals surface area contributed by atoms with Gasteiger partial charge in [0.1, 0.15) is 0 Å². The van der Waals surface area contributed by atoms with Crippen LogP contribution in [0.25, 0.3) is 0 Å². The molecule has 0 amide bonds. The molecule has 0 radical (unpaired) electrons. The molecule has 4 heteroatoms. The summed E-state index contributed by atoms with van der Waals surface area (Å²) in [6, 6.07) is 0. The number of aromatic nitrogens is 2. The van der Waals surface area contributed by atoms with E-state index in [0.29, 0.717) is 3.57 Å². The third-order valence-electron chi connectivity index (χ3n) is 1.25. The maximum absolute atomic E-state index is 11.1. The molecule has 1 heterocycles. The second-order valence-electron chi connectivity index (χ2n) is 2.06. The van der Waals surface area contributed by atoms with Gasteiger partial charge in [-0.15, -0.1) is 0 Å². The second kappa shape index (κ2) is 2.69. The van der Waals surface area contributed by atoms with Crippen LogP contribution in [0.2, 0.25) is 0 Å². The Balaban J connectivity index is 3.50. The minimum Gasteiger partial charge on any atom is -0.301 e. The van der Waals surface area contributed by atoms with Crippen molar-refractivity contribution >= 4 is 22.6 Å². The van der Waals surface area contributed by atoms with E-state index in [1.807, 2.05) is 29.5 Å². The van der Waals surface area contributed by atoms with Crippen LogP contribution in [0.5, 0.6) is 0 Å². The average molecular weight is 250 g/mol. The highest BCUT2D eigenvalue weighted by molar-refractivity contribution is 14.1. The number of halogens is 1. The van der Waals surface area contributed by atoms with Gasteiger partial charge >= 0.3 is 0 Å². The predicted octanol–water partition coefficient (Wildman–Crippen LogP) is 0.693. The van der Waals surface area contributed by atoms with Gasteiger partial charge in [-0.05, 0) is 29.5 Å². The zero-order valence-electron chi connectivity index (χ0n) is 5.76. The average Bonchev–Trinajstić information content (AvgIpc) is 1.93. The van der Waals surface area contributed by atoms with Crippen LogP contribution in [-0.2, 0) is 7.05 Å². The molecular weight excluding hydrogens is 243 g/mol. The third-order valence-corrected chi connectivity index (χ3v) is 2.49. The maximum Gasteiger partial charge on any atom is 0.266 e. The first-order chi connectivity index (χ1) is 4.63. The standard InChI is InChI=1S/C6H7IN2O/c1-4-5(7)6(10)9(2)3-8-4/h3H,1-2H3. The van der Waals surface area contributed by atoms with E-state index in [1.54, 1.807) is 7.05 Å². The zero-order chi connectivity index (χ0) is 7.72. The summed E-state index contributed by atoms with van der Waals surface area (Å²) in [4.78, 5) is 15.1. The van der Waals surface area contributed by atoms with Crippen LogP contribution in [0.3, 0.4) is 0 Å². The van der Waals surface area contributed by atoms with Gasteiger partial charge in [-0.1, -0.05) is 0 Å². The molecule has 0 aromatic carbocycles. The lowest BCUT2D eigenvalue weighted by Crippen LogP contribution is -2.20. The number of hydrogen-bond donors (Lipinski definition) is 0. The van der Waals surface area contributed by atoms with E-state index in [-0.39, 0.29) is 5.56 Å². The Morgan fingerprint density at radius 2 is 2.30 bits per heavy atom. The highest BCUT2D eigenvalue weighted by Crippen LogP contribution is 1.99. The monoisotopic (exact) mass is 250 g/mol. The second-order valence-corrected chi connectivity index (χ2v) is 3.14. The van der Waals surface area contributed by atoms with Gasteiger partial charge in [0, 0.05) is 7.05 Å². The molecule has 0 atom stereocenters. The molecule has 3 nitrogen and oxygen atoms in total. The van der Waals surface area contributed by atoms with E-state index in [0.717, 1.165) is 5.69 Å². The molecule has 0 saturated heterocycles. The molecule has 0 bridgehead atoms. The quantitative estimate of drug-likeness (QED) is 0.635. The highest BCUT2D eigenvalue weighted by Gasteiger charge is 2.00. The van der Waals surface area contributed by atoms with Crippen LogP contribution in [0.15, 0.2) is 11.1 Å². The minimum absolute atomic E-state index is 0.0214. The fourth-order valence-electron chi connectivity index (χ4n) is 0.592. The van der Waals surface area contributed by atoms with Gasteiger partial charge in [-0.3, -0.25) is 4.79 Å². The summed E-state index contributed by atoms with van der Waals surface area (Å²) in [5.74, 6) is 0. The summed E-state index contributed by atoms with van der Waals surface area (Å²) in [5, 5.41) is 0. The van der Waals surface area contributed by atoms with Crippen molar-refractivity contribution in [1.29, 1.82) is 0 Å². The van der Waals surface area contributed by atoms with Crippen molar-refractivity contribution in [2.24, 2.45) is 7.05 Å². The van der Waals surface area contributed by atoms with Gasteiger partial charge in [0.25, 0.3) is 5.56 Å². The van der Waals surface area contributed by atoms with Crippen molar-refractivity contribution < 1.29 is 0 Å². The van der Waals surface area contributed by atoms with E-state index in [4.69, 9.17) is 0 Å². The van der Waals surface area contributed by atoms with E-state index < -0.39 is 0 Å². The molecule has 1 rings (SSSR count). The number of aryl methyl sites for hydroxylation is 2. The van der Waals surface area contributed by atoms with Crippen molar-refractivity contribution in [2.75, 3.05) is 0 Å².